The normalized spacial score (nSPS) is 32.3. The predicted octanol–water partition coefficient (Wildman–Crippen LogP) is 0.517. The summed E-state index contributed by atoms with van der Waals surface area (Å²) in [4.78, 5) is 14.1. The lowest BCUT2D eigenvalue weighted by molar-refractivity contribution is -0.147. The van der Waals surface area contributed by atoms with Crippen LogP contribution in [-0.2, 0) is 9.53 Å². The van der Waals surface area contributed by atoms with Crippen molar-refractivity contribution in [3.8, 4) is 0 Å². The van der Waals surface area contributed by atoms with Gasteiger partial charge >= 0.3 is 0 Å². The van der Waals surface area contributed by atoms with E-state index in [1.807, 2.05) is 11.8 Å². The Kier molecular flexibility index (Phi) is 5.60. The number of carbonyl (C=O) groups is 1. The lowest BCUT2D eigenvalue weighted by atomic mass is 10.00. The van der Waals surface area contributed by atoms with Gasteiger partial charge in [0.1, 0.15) is 0 Å². The molecule has 3 atom stereocenters. The Morgan fingerprint density at radius 3 is 2.95 bits per heavy atom. The van der Waals surface area contributed by atoms with Crippen molar-refractivity contribution in [3.63, 3.8) is 0 Å². The fourth-order valence-corrected chi connectivity index (χ4v) is 2.98. The molecule has 1 amide bonds. The summed E-state index contributed by atoms with van der Waals surface area (Å²) in [6, 6.07) is 0.504. The van der Waals surface area contributed by atoms with Gasteiger partial charge in [-0.3, -0.25) is 4.79 Å². The molecule has 3 unspecified atom stereocenters. The first kappa shape index (κ1) is 14.8. The van der Waals surface area contributed by atoms with Gasteiger partial charge in [-0.2, -0.15) is 0 Å². The van der Waals surface area contributed by atoms with Crippen LogP contribution < -0.4 is 5.32 Å². The third-order valence-corrected chi connectivity index (χ3v) is 4.00. The molecule has 0 aromatic heterocycles. The van der Waals surface area contributed by atoms with Crippen LogP contribution in [0.4, 0.5) is 0 Å². The van der Waals surface area contributed by atoms with Crippen LogP contribution in [-0.4, -0.2) is 60.4 Å². The molecule has 2 saturated heterocycles. The molecule has 5 heteroatoms. The molecule has 0 spiro atoms. The Balaban J connectivity index is 1.75. The molecule has 2 heterocycles. The van der Waals surface area contributed by atoms with E-state index in [9.17, 15) is 4.79 Å². The number of amides is 1. The average molecular weight is 270 g/mol. The highest BCUT2D eigenvalue weighted by atomic mass is 16.5. The van der Waals surface area contributed by atoms with Crippen molar-refractivity contribution in [1.29, 1.82) is 0 Å². The highest BCUT2D eigenvalue weighted by molar-refractivity contribution is 5.76. The molecule has 2 aliphatic heterocycles. The van der Waals surface area contributed by atoms with Gasteiger partial charge in [0.05, 0.1) is 18.8 Å². The smallest absolute Gasteiger partial charge is 0.222 e. The maximum atomic E-state index is 12.2. The first-order valence-corrected chi connectivity index (χ1v) is 7.46. The summed E-state index contributed by atoms with van der Waals surface area (Å²) >= 11 is 0. The molecule has 0 aromatic rings. The summed E-state index contributed by atoms with van der Waals surface area (Å²) in [5.41, 5.74) is 0. The summed E-state index contributed by atoms with van der Waals surface area (Å²) in [5.74, 6) is 0.195. The lowest BCUT2D eigenvalue weighted by Crippen LogP contribution is -2.50. The zero-order chi connectivity index (χ0) is 13.7. The SMILES string of the molecule is CC1CN(C(=O)CCC2CCCCN2)CC(CO)O1. The molecular weight excluding hydrogens is 244 g/mol. The van der Waals surface area contributed by atoms with Gasteiger partial charge in [0, 0.05) is 25.6 Å². The van der Waals surface area contributed by atoms with E-state index in [4.69, 9.17) is 9.84 Å². The number of hydrogen-bond acceptors (Lipinski definition) is 4. The molecule has 19 heavy (non-hydrogen) atoms. The number of carbonyl (C=O) groups excluding carboxylic acids is 1. The van der Waals surface area contributed by atoms with Gasteiger partial charge in [-0.05, 0) is 32.7 Å². The highest BCUT2D eigenvalue weighted by Gasteiger charge is 2.28. The van der Waals surface area contributed by atoms with Crippen LogP contribution in [0.5, 0.6) is 0 Å². The molecule has 110 valence electrons. The molecule has 0 saturated carbocycles. The number of piperidine rings is 1. The minimum Gasteiger partial charge on any atom is -0.394 e. The van der Waals surface area contributed by atoms with Crippen molar-refractivity contribution in [3.05, 3.63) is 0 Å². The second-order valence-corrected chi connectivity index (χ2v) is 5.74. The Bertz CT molecular complexity index is 292. The summed E-state index contributed by atoms with van der Waals surface area (Å²) in [7, 11) is 0. The quantitative estimate of drug-likeness (QED) is 0.782. The molecule has 0 bridgehead atoms. The maximum Gasteiger partial charge on any atom is 0.222 e. The molecule has 2 aliphatic rings. The summed E-state index contributed by atoms with van der Waals surface area (Å²) < 4.78 is 5.55. The average Bonchev–Trinajstić information content (AvgIpc) is 2.45. The van der Waals surface area contributed by atoms with E-state index in [-0.39, 0.29) is 24.7 Å². The van der Waals surface area contributed by atoms with E-state index in [1.54, 1.807) is 0 Å². The molecule has 0 aliphatic carbocycles. The number of morpholine rings is 1. The molecule has 5 nitrogen and oxygen atoms in total. The largest absolute Gasteiger partial charge is 0.394 e. The van der Waals surface area contributed by atoms with E-state index in [0.717, 1.165) is 13.0 Å². The van der Waals surface area contributed by atoms with Gasteiger partial charge in [-0.25, -0.2) is 0 Å². The number of nitrogens with zero attached hydrogens (tertiary/aromatic N) is 1. The van der Waals surface area contributed by atoms with Gasteiger partial charge in [0.25, 0.3) is 0 Å². The fourth-order valence-electron chi connectivity index (χ4n) is 2.98. The predicted molar refractivity (Wildman–Crippen MR) is 72.9 cm³/mol. The van der Waals surface area contributed by atoms with Crippen LogP contribution in [0.15, 0.2) is 0 Å². The number of nitrogens with one attached hydrogen (secondary N) is 1. The molecule has 2 rings (SSSR count). The zero-order valence-electron chi connectivity index (χ0n) is 11.8. The van der Waals surface area contributed by atoms with Gasteiger partial charge in [0.15, 0.2) is 0 Å². The van der Waals surface area contributed by atoms with E-state index in [2.05, 4.69) is 5.32 Å². The second-order valence-electron chi connectivity index (χ2n) is 5.74. The lowest BCUT2D eigenvalue weighted by Gasteiger charge is -2.36. The molecule has 2 N–H and O–H groups in total. The van der Waals surface area contributed by atoms with Crippen molar-refractivity contribution in [1.82, 2.24) is 10.2 Å². The van der Waals surface area contributed by atoms with Gasteiger partial charge < -0.3 is 20.1 Å². The van der Waals surface area contributed by atoms with Gasteiger partial charge in [-0.15, -0.1) is 0 Å². The van der Waals surface area contributed by atoms with Crippen molar-refractivity contribution < 1.29 is 14.6 Å². The van der Waals surface area contributed by atoms with Crippen molar-refractivity contribution >= 4 is 5.91 Å². The Morgan fingerprint density at radius 2 is 2.26 bits per heavy atom. The van der Waals surface area contributed by atoms with E-state index >= 15 is 0 Å². The zero-order valence-corrected chi connectivity index (χ0v) is 11.8. The molecule has 2 fully saturated rings. The summed E-state index contributed by atoms with van der Waals surface area (Å²) in [6.07, 6.45) is 5.03. The number of rotatable bonds is 4. The third-order valence-electron chi connectivity index (χ3n) is 4.00. The van der Waals surface area contributed by atoms with Crippen LogP contribution in [0, 0.1) is 0 Å². The number of aliphatic hydroxyl groups excluding tert-OH is 1. The van der Waals surface area contributed by atoms with E-state index in [1.165, 1.54) is 19.3 Å². The minimum atomic E-state index is -0.222. The van der Waals surface area contributed by atoms with Crippen LogP contribution in [0.25, 0.3) is 0 Å². The Morgan fingerprint density at radius 1 is 1.42 bits per heavy atom. The maximum absolute atomic E-state index is 12.2. The second kappa shape index (κ2) is 7.22. The van der Waals surface area contributed by atoms with Crippen molar-refractivity contribution in [2.45, 2.75) is 57.3 Å². The van der Waals surface area contributed by atoms with E-state index in [0.29, 0.717) is 25.6 Å². The van der Waals surface area contributed by atoms with Crippen LogP contribution in [0.1, 0.15) is 39.0 Å². The molecule has 0 radical (unpaired) electrons. The number of hydrogen-bond donors (Lipinski definition) is 2. The van der Waals surface area contributed by atoms with E-state index < -0.39 is 0 Å². The first-order valence-electron chi connectivity index (χ1n) is 7.46. The Hall–Kier alpha value is -0.650. The minimum absolute atomic E-state index is 0.0156. The summed E-state index contributed by atoms with van der Waals surface area (Å²) in [6.45, 7) is 4.19. The number of ether oxygens (including phenoxy) is 1. The third kappa shape index (κ3) is 4.44. The fraction of sp³-hybridized carbons (Fsp3) is 0.929. The van der Waals surface area contributed by atoms with Crippen LogP contribution in [0.3, 0.4) is 0 Å². The monoisotopic (exact) mass is 270 g/mol. The topological polar surface area (TPSA) is 61.8 Å². The van der Waals surface area contributed by atoms with Crippen molar-refractivity contribution in [2.75, 3.05) is 26.2 Å². The van der Waals surface area contributed by atoms with Crippen molar-refractivity contribution in [2.24, 2.45) is 0 Å². The first-order chi connectivity index (χ1) is 9.19. The number of aliphatic hydroxyl groups is 1. The molecular formula is C14H26N2O3. The Labute approximate surface area is 115 Å². The van der Waals surface area contributed by atoms with Gasteiger partial charge in [0.2, 0.25) is 5.91 Å². The van der Waals surface area contributed by atoms with Crippen LogP contribution >= 0.6 is 0 Å². The van der Waals surface area contributed by atoms with Crippen LogP contribution in [0.2, 0.25) is 0 Å². The standard InChI is InChI=1S/C14H26N2O3/c1-11-8-16(9-13(10-17)19-11)14(18)6-5-12-4-2-3-7-15-12/h11-13,15,17H,2-10H2,1H3. The molecule has 0 aromatic carbocycles. The van der Waals surface area contributed by atoms with Gasteiger partial charge in [-0.1, -0.05) is 6.42 Å². The summed E-state index contributed by atoms with van der Waals surface area (Å²) in [5, 5.41) is 12.6. The highest BCUT2D eigenvalue weighted by Crippen LogP contribution is 2.15.